The van der Waals surface area contributed by atoms with E-state index in [9.17, 15) is 0 Å². The summed E-state index contributed by atoms with van der Waals surface area (Å²) in [4.78, 5) is 3.26. The lowest BCUT2D eigenvalue weighted by atomic mass is 10.2. The topological polar surface area (TPSA) is 50.1 Å². The molecule has 0 saturated carbocycles. The first-order chi connectivity index (χ1) is 5.93. The molecular formula is C9H7N3. The molecule has 2 aromatic rings. The van der Waals surface area contributed by atoms with Gasteiger partial charge >= 0.3 is 0 Å². The van der Waals surface area contributed by atoms with Crippen LogP contribution in [0.25, 0.3) is 10.9 Å². The number of rotatable bonds is 1. The van der Waals surface area contributed by atoms with E-state index >= 15 is 0 Å². The molecule has 0 unspecified atom stereocenters. The smallest absolute Gasteiger partial charge is 0.190 e. The Morgan fingerprint density at radius 3 is 2.75 bits per heavy atom. The molecule has 58 valence electrons. The van der Waals surface area contributed by atoms with Gasteiger partial charge in [-0.05, 0) is 12.1 Å². The molecule has 0 bridgehead atoms. The van der Waals surface area contributed by atoms with Crippen LogP contribution >= 0.6 is 0 Å². The van der Waals surface area contributed by atoms with Gasteiger partial charge in [-0.15, -0.1) is 0 Å². The number of nitrogens with one attached hydrogen (secondary N) is 2. The molecule has 2 N–H and O–H groups in total. The summed E-state index contributed by atoms with van der Waals surface area (Å²) < 4.78 is 0. The predicted octanol–water partition coefficient (Wildman–Crippen LogP) is 1.43. The van der Waals surface area contributed by atoms with Crippen LogP contribution in [-0.2, 0) is 0 Å². The average molecular weight is 157 g/mol. The standard InChI is InChI=1S/C9H7N3/c1-2-4-7-6(3-1)5-8(10-7)9-11-12-9/h1-5,10H,(H,11,12). The number of para-hydroxylation sites is 1. The van der Waals surface area contributed by atoms with E-state index in [1.165, 1.54) is 5.39 Å². The second-order valence-corrected chi connectivity index (χ2v) is 2.84. The number of aromatic nitrogens is 1. The fourth-order valence-corrected chi connectivity index (χ4v) is 1.35. The lowest BCUT2D eigenvalue weighted by molar-refractivity contribution is 1.25. The first-order valence-electron chi connectivity index (χ1n) is 3.85. The van der Waals surface area contributed by atoms with Gasteiger partial charge in [0.15, 0.2) is 5.84 Å². The first-order valence-corrected chi connectivity index (χ1v) is 3.85. The lowest BCUT2D eigenvalue weighted by Gasteiger charge is -1.83. The van der Waals surface area contributed by atoms with Gasteiger partial charge in [-0.1, -0.05) is 18.2 Å². The van der Waals surface area contributed by atoms with Crippen molar-refractivity contribution in [2.45, 2.75) is 0 Å². The molecule has 3 nitrogen and oxygen atoms in total. The molecule has 0 fully saturated rings. The average Bonchev–Trinajstić information content (AvgIpc) is 2.85. The Labute approximate surface area is 69.1 Å². The molecule has 1 aromatic heterocycles. The number of benzene rings is 1. The molecule has 12 heavy (non-hydrogen) atoms. The molecule has 1 aliphatic rings. The molecular weight excluding hydrogens is 150 g/mol. The minimum absolute atomic E-state index is 0.950. The first kappa shape index (κ1) is 5.83. The van der Waals surface area contributed by atoms with Crippen LogP contribution < -0.4 is 5.43 Å². The summed E-state index contributed by atoms with van der Waals surface area (Å²) in [7, 11) is 0. The Morgan fingerprint density at radius 1 is 1.17 bits per heavy atom. The summed E-state index contributed by atoms with van der Waals surface area (Å²) in [5, 5.41) is 5.13. The third-order valence-electron chi connectivity index (χ3n) is 2.01. The number of hydrogen-bond acceptors (Lipinski definition) is 2. The van der Waals surface area contributed by atoms with Gasteiger partial charge in [0.1, 0.15) is 0 Å². The Balaban J connectivity index is 2.29. The van der Waals surface area contributed by atoms with Crippen LogP contribution in [0.2, 0.25) is 0 Å². The fraction of sp³-hybridized carbons (Fsp3) is 0. The van der Waals surface area contributed by atoms with Crippen molar-refractivity contribution >= 4 is 16.7 Å². The van der Waals surface area contributed by atoms with Crippen LogP contribution in [0.5, 0.6) is 0 Å². The number of H-pyrrole nitrogens is 1. The zero-order valence-corrected chi connectivity index (χ0v) is 6.33. The summed E-state index contributed by atoms with van der Waals surface area (Å²) in [5.74, 6) is 0.950. The van der Waals surface area contributed by atoms with Crippen molar-refractivity contribution in [2.75, 3.05) is 0 Å². The maximum Gasteiger partial charge on any atom is 0.190 e. The van der Waals surface area contributed by atoms with E-state index in [1.807, 2.05) is 12.1 Å². The molecule has 0 spiro atoms. The van der Waals surface area contributed by atoms with Crippen LogP contribution in [0.3, 0.4) is 0 Å². The van der Waals surface area contributed by atoms with Gasteiger partial charge in [0, 0.05) is 10.9 Å². The predicted molar refractivity (Wildman–Crippen MR) is 48.0 cm³/mol. The molecule has 1 aliphatic heterocycles. The van der Waals surface area contributed by atoms with Crippen molar-refractivity contribution < 1.29 is 0 Å². The monoisotopic (exact) mass is 157 g/mol. The van der Waals surface area contributed by atoms with Gasteiger partial charge in [0.25, 0.3) is 0 Å². The number of hydrazone groups is 1. The summed E-state index contributed by atoms with van der Waals surface area (Å²) in [6.07, 6.45) is 0. The molecule has 3 heteroatoms. The van der Waals surface area contributed by atoms with Crippen LogP contribution in [0.1, 0.15) is 5.69 Å². The Morgan fingerprint density at radius 2 is 2.00 bits per heavy atom. The van der Waals surface area contributed by atoms with Crippen LogP contribution in [0.4, 0.5) is 0 Å². The van der Waals surface area contributed by atoms with Gasteiger partial charge in [0.05, 0.1) is 5.69 Å². The fourth-order valence-electron chi connectivity index (χ4n) is 1.35. The van der Waals surface area contributed by atoms with Gasteiger partial charge in [-0.2, -0.15) is 5.10 Å². The maximum atomic E-state index is 3.90. The third-order valence-corrected chi connectivity index (χ3v) is 2.01. The summed E-state index contributed by atoms with van der Waals surface area (Å²) in [5.41, 5.74) is 5.04. The van der Waals surface area contributed by atoms with Crippen LogP contribution in [0, 0.1) is 0 Å². The second kappa shape index (κ2) is 1.88. The summed E-state index contributed by atoms with van der Waals surface area (Å²) in [6, 6.07) is 10.3. The van der Waals surface area contributed by atoms with Crippen molar-refractivity contribution in [3.63, 3.8) is 0 Å². The highest BCUT2D eigenvalue weighted by Crippen LogP contribution is 2.16. The van der Waals surface area contributed by atoms with Crippen molar-refractivity contribution in [3.05, 3.63) is 36.0 Å². The Bertz CT molecular complexity index is 434. The lowest BCUT2D eigenvalue weighted by Crippen LogP contribution is -1.93. The van der Waals surface area contributed by atoms with E-state index in [2.05, 4.69) is 33.7 Å². The molecule has 0 radical (unpaired) electrons. The number of amidine groups is 1. The number of fused-ring (bicyclic) bond motifs is 1. The minimum atomic E-state index is 0.950. The van der Waals surface area contributed by atoms with E-state index in [0.717, 1.165) is 17.0 Å². The second-order valence-electron chi connectivity index (χ2n) is 2.84. The molecule has 0 aliphatic carbocycles. The minimum Gasteiger partial charge on any atom is -0.352 e. The molecule has 0 amide bonds. The van der Waals surface area contributed by atoms with Crippen LogP contribution in [0.15, 0.2) is 35.4 Å². The van der Waals surface area contributed by atoms with Crippen LogP contribution in [-0.4, -0.2) is 10.8 Å². The number of aromatic amines is 1. The van der Waals surface area contributed by atoms with Gasteiger partial charge in [-0.3, -0.25) is 5.43 Å². The van der Waals surface area contributed by atoms with E-state index < -0.39 is 0 Å². The maximum absolute atomic E-state index is 3.90. The normalized spacial score (nSPS) is 14.2. The van der Waals surface area contributed by atoms with Crippen molar-refractivity contribution in [1.29, 1.82) is 0 Å². The molecule has 0 saturated heterocycles. The zero-order chi connectivity index (χ0) is 7.97. The quantitative estimate of drug-likeness (QED) is 0.646. The highest BCUT2D eigenvalue weighted by atomic mass is 15.5. The highest BCUT2D eigenvalue weighted by molar-refractivity contribution is 6.07. The molecule has 0 atom stereocenters. The number of hydrogen-bond donors (Lipinski definition) is 2. The van der Waals surface area contributed by atoms with Crippen molar-refractivity contribution in [2.24, 2.45) is 5.10 Å². The van der Waals surface area contributed by atoms with E-state index in [4.69, 9.17) is 0 Å². The Kier molecular flexibility index (Phi) is 0.913. The van der Waals surface area contributed by atoms with Crippen molar-refractivity contribution in [1.82, 2.24) is 10.4 Å². The van der Waals surface area contributed by atoms with Gasteiger partial charge in [-0.25, -0.2) is 0 Å². The van der Waals surface area contributed by atoms with Gasteiger partial charge in [0.2, 0.25) is 0 Å². The van der Waals surface area contributed by atoms with E-state index in [-0.39, 0.29) is 0 Å². The third kappa shape index (κ3) is 0.733. The molecule has 3 rings (SSSR count). The number of nitrogens with zero attached hydrogens (tertiary/aromatic N) is 1. The largest absolute Gasteiger partial charge is 0.352 e. The van der Waals surface area contributed by atoms with Crippen molar-refractivity contribution in [3.8, 4) is 0 Å². The SMILES string of the molecule is c1ccc2[nH]c(C3=NN3)cc2c1. The van der Waals surface area contributed by atoms with E-state index in [1.54, 1.807) is 0 Å². The van der Waals surface area contributed by atoms with Gasteiger partial charge < -0.3 is 4.98 Å². The molecule has 1 aromatic carbocycles. The highest BCUT2D eigenvalue weighted by Gasteiger charge is 2.14. The van der Waals surface area contributed by atoms with E-state index in [0.29, 0.717) is 0 Å². The summed E-state index contributed by atoms with van der Waals surface area (Å²) in [6.45, 7) is 0. The summed E-state index contributed by atoms with van der Waals surface area (Å²) >= 11 is 0. The zero-order valence-electron chi connectivity index (χ0n) is 6.33. The Hall–Kier alpha value is -1.77. The molecule has 2 heterocycles.